The van der Waals surface area contributed by atoms with Crippen LogP contribution in [0.2, 0.25) is 0 Å². The fourth-order valence-corrected chi connectivity index (χ4v) is 5.24. The second kappa shape index (κ2) is 8.80. The summed E-state index contributed by atoms with van der Waals surface area (Å²) in [7, 11) is -2.62. The average Bonchev–Trinajstić information content (AvgIpc) is 3.25. The van der Waals surface area contributed by atoms with Crippen LogP contribution in [0.25, 0.3) is 21.1 Å². The molecule has 0 aliphatic carbocycles. The lowest BCUT2D eigenvalue weighted by Crippen LogP contribution is -2.30. The lowest BCUT2D eigenvalue weighted by atomic mass is 10.2. The monoisotopic (exact) mass is 500 g/mol. The number of carbonyl (C=O) groups is 1. The number of nitrogens with one attached hydrogen (secondary N) is 1. The fraction of sp³-hybridized carbons (Fsp3) is 0.304. The van der Waals surface area contributed by atoms with Gasteiger partial charge in [0, 0.05) is 17.1 Å². The summed E-state index contributed by atoms with van der Waals surface area (Å²) in [4.78, 5) is 24.8. The summed E-state index contributed by atoms with van der Waals surface area (Å²) < 4.78 is 37.3. The Balaban J connectivity index is 1.86. The predicted octanol–water partition coefficient (Wildman–Crippen LogP) is 4.50. The number of hydrogen-bond acceptors (Lipinski definition) is 10. The Bertz CT molecular complexity index is 1490. The molecule has 0 amide bonds. The molecule has 2 heterocycles. The predicted molar refractivity (Wildman–Crippen MR) is 131 cm³/mol. The van der Waals surface area contributed by atoms with Gasteiger partial charge in [-0.2, -0.15) is 0 Å². The van der Waals surface area contributed by atoms with Crippen LogP contribution in [-0.2, 0) is 19.4 Å². The van der Waals surface area contributed by atoms with E-state index in [2.05, 4.69) is 20.3 Å². The fourth-order valence-electron chi connectivity index (χ4n) is 3.27. The first-order chi connectivity index (χ1) is 16.0. The van der Waals surface area contributed by atoms with Gasteiger partial charge in [-0.25, -0.2) is 28.2 Å². The number of nitrogens with zero attached hydrogens (tertiary/aromatic N) is 3. The molecule has 1 N–H and O–H groups in total. The third kappa shape index (κ3) is 4.40. The molecule has 4 rings (SSSR count). The van der Waals surface area contributed by atoms with Gasteiger partial charge < -0.3 is 14.8 Å². The molecule has 0 bridgehead atoms. The number of rotatable bonds is 6. The number of esters is 1. The van der Waals surface area contributed by atoms with Gasteiger partial charge in [0.25, 0.3) is 0 Å². The maximum Gasteiger partial charge on any atom is 0.346 e. The molecule has 0 aliphatic rings. The number of sulfone groups is 1. The van der Waals surface area contributed by atoms with Crippen molar-refractivity contribution in [2.24, 2.45) is 0 Å². The van der Waals surface area contributed by atoms with Crippen molar-refractivity contribution in [3.8, 4) is 5.75 Å². The molecule has 11 heteroatoms. The number of thiazole rings is 1. The number of hydrogen-bond donors (Lipinski definition) is 1. The molecule has 9 nitrogen and oxygen atoms in total. The van der Waals surface area contributed by atoms with Gasteiger partial charge in [0.1, 0.15) is 22.8 Å². The number of anilines is 2. The number of benzene rings is 2. The molecule has 0 radical (unpaired) electrons. The highest BCUT2D eigenvalue weighted by atomic mass is 32.2. The summed E-state index contributed by atoms with van der Waals surface area (Å²) in [6.45, 7) is 6.29. The number of ether oxygens (including phenoxy) is 2. The highest BCUT2D eigenvalue weighted by molar-refractivity contribution is 7.92. The van der Waals surface area contributed by atoms with Gasteiger partial charge in [0.2, 0.25) is 0 Å². The van der Waals surface area contributed by atoms with Crippen molar-refractivity contribution < 1.29 is 22.7 Å². The smallest absolute Gasteiger partial charge is 0.346 e. The van der Waals surface area contributed by atoms with Gasteiger partial charge in [-0.1, -0.05) is 0 Å². The Labute approximate surface area is 201 Å². The molecule has 1 atom stereocenters. The summed E-state index contributed by atoms with van der Waals surface area (Å²) in [5, 5.41) is 3.73. The van der Waals surface area contributed by atoms with Gasteiger partial charge >= 0.3 is 5.97 Å². The van der Waals surface area contributed by atoms with Gasteiger partial charge in [-0.15, -0.1) is 11.3 Å². The molecule has 0 aliphatic heterocycles. The molecule has 178 valence electrons. The third-order valence-electron chi connectivity index (χ3n) is 5.23. The Morgan fingerprint density at radius 3 is 2.56 bits per heavy atom. The minimum Gasteiger partial charge on any atom is -0.478 e. The molecule has 0 fully saturated rings. The van der Waals surface area contributed by atoms with E-state index < -0.39 is 26.7 Å². The standard InChI is InChI=1S/C23H24N4O5S2/c1-13(22(28)31-5)32-18-10-16-15(9-20(18)34(29,30)23(2,3)4)21(25-11-24-16)27-14-6-7-19-17(8-14)26-12-33-19/h6-13H,1-5H3,(H,24,25,27)/t13-/m1/s1. The lowest BCUT2D eigenvalue weighted by Gasteiger charge is -2.23. The van der Waals surface area contributed by atoms with E-state index >= 15 is 0 Å². The molecular formula is C23H24N4O5S2. The van der Waals surface area contributed by atoms with Crippen LogP contribution in [-0.4, -0.2) is 47.3 Å². The van der Waals surface area contributed by atoms with Crippen molar-refractivity contribution >= 4 is 59.8 Å². The zero-order valence-electron chi connectivity index (χ0n) is 19.3. The minimum absolute atomic E-state index is 0.0221. The maximum atomic E-state index is 13.5. The minimum atomic E-state index is -3.86. The first-order valence-electron chi connectivity index (χ1n) is 10.4. The van der Waals surface area contributed by atoms with Crippen molar-refractivity contribution in [1.82, 2.24) is 15.0 Å². The van der Waals surface area contributed by atoms with Crippen molar-refractivity contribution in [3.05, 3.63) is 42.2 Å². The van der Waals surface area contributed by atoms with Gasteiger partial charge in [-0.3, -0.25) is 0 Å². The third-order valence-corrected chi connectivity index (χ3v) is 8.55. The van der Waals surface area contributed by atoms with Crippen LogP contribution in [0.4, 0.5) is 11.5 Å². The van der Waals surface area contributed by atoms with Crippen molar-refractivity contribution in [3.63, 3.8) is 0 Å². The molecular weight excluding hydrogens is 476 g/mol. The van der Waals surface area contributed by atoms with Crippen LogP contribution in [0.5, 0.6) is 5.75 Å². The van der Waals surface area contributed by atoms with E-state index in [0.717, 1.165) is 15.9 Å². The summed E-state index contributed by atoms with van der Waals surface area (Å²) in [6.07, 6.45) is 0.359. The summed E-state index contributed by atoms with van der Waals surface area (Å²) >= 11 is 1.54. The quantitative estimate of drug-likeness (QED) is 0.382. The van der Waals surface area contributed by atoms with Crippen molar-refractivity contribution in [1.29, 1.82) is 0 Å². The SMILES string of the molecule is COC(=O)[C@@H](C)Oc1cc2ncnc(Nc3ccc4scnc4c3)c2cc1S(=O)(=O)C(C)(C)C. The summed E-state index contributed by atoms with van der Waals surface area (Å²) in [6, 6.07) is 8.73. The maximum absolute atomic E-state index is 13.5. The van der Waals surface area contributed by atoms with E-state index in [9.17, 15) is 13.2 Å². The summed E-state index contributed by atoms with van der Waals surface area (Å²) in [5.74, 6) is -0.173. The molecule has 4 aromatic rings. The Hall–Kier alpha value is -3.31. The first kappa shape index (κ1) is 23.8. The van der Waals surface area contributed by atoms with Crippen molar-refractivity contribution in [2.75, 3.05) is 12.4 Å². The zero-order chi connectivity index (χ0) is 24.7. The Kier molecular flexibility index (Phi) is 6.17. The van der Waals surface area contributed by atoms with Crippen LogP contribution < -0.4 is 10.1 Å². The molecule has 2 aromatic carbocycles. The number of aromatic nitrogens is 3. The van der Waals surface area contributed by atoms with Crippen LogP contribution in [0.1, 0.15) is 27.7 Å². The van der Waals surface area contributed by atoms with E-state index in [-0.39, 0.29) is 10.6 Å². The van der Waals surface area contributed by atoms with Gasteiger partial charge in [-0.05, 0) is 52.0 Å². The van der Waals surface area contributed by atoms with E-state index in [1.54, 1.807) is 37.6 Å². The highest BCUT2D eigenvalue weighted by Crippen LogP contribution is 2.37. The Morgan fingerprint density at radius 1 is 1.09 bits per heavy atom. The van der Waals surface area contributed by atoms with Gasteiger partial charge in [0.15, 0.2) is 15.9 Å². The van der Waals surface area contributed by atoms with Crippen LogP contribution >= 0.6 is 11.3 Å². The zero-order valence-corrected chi connectivity index (χ0v) is 21.0. The molecule has 2 aromatic heterocycles. The topological polar surface area (TPSA) is 120 Å². The van der Waals surface area contributed by atoms with Crippen LogP contribution in [0.3, 0.4) is 0 Å². The largest absolute Gasteiger partial charge is 0.478 e. The first-order valence-corrected chi connectivity index (χ1v) is 12.8. The van der Waals surface area contributed by atoms with Gasteiger partial charge in [0.05, 0.1) is 33.1 Å². The Morgan fingerprint density at radius 2 is 1.85 bits per heavy atom. The lowest BCUT2D eigenvalue weighted by molar-refractivity contribution is -0.148. The van der Waals surface area contributed by atoms with E-state index in [4.69, 9.17) is 9.47 Å². The van der Waals surface area contributed by atoms with E-state index in [1.807, 2.05) is 18.2 Å². The van der Waals surface area contributed by atoms with E-state index in [1.165, 1.54) is 32.5 Å². The number of carbonyl (C=O) groups excluding carboxylic acids is 1. The van der Waals surface area contributed by atoms with Crippen molar-refractivity contribution in [2.45, 2.75) is 43.4 Å². The number of fused-ring (bicyclic) bond motifs is 2. The highest BCUT2D eigenvalue weighted by Gasteiger charge is 2.35. The second-order valence-corrected chi connectivity index (χ2v) is 12.2. The molecule has 0 saturated heterocycles. The number of methoxy groups -OCH3 is 1. The molecule has 34 heavy (non-hydrogen) atoms. The molecule has 0 unspecified atom stereocenters. The second-order valence-electron chi connectivity index (χ2n) is 8.60. The molecule has 0 spiro atoms. The summed E-state index contributed by atoms with van der Waals surface area (Å²) in [5.41, 5.74) is 3.82. The average molecular weight is 501 g/mol. The van der Waals surface area contributed by atoms with Crippen LogP contribution in [0, 0.1) is 0 Å². The van der Waals surface area contributed by atoms with E-state index in [0.29, 0.717) is 16.7 Å². The normalized spacial score (nSPS) is 13.1. The molecule has 0 saturated carbocycles. The van der Waals surface area contributed by atoms with Crippen LogP contribution in [0.15, 0.2) is 47.1 Å².